The number of carbonyl (C=O) groups is 1. The molecule has 2 rings (SSSR count). The Morgan fingerprint density at radius 1 is 1.45 bits per heavy atom. The number of nitrogens with zero attached hydrogens (tertiary/aromatic N) is 1. The Morgan fingerprint density at radius 3 is 2.70 bits per heavy atom. The lowest BCUT2D eigenvalue weighted by Crippen LogP contribution is -2.51. The Morgan fingerprint density at radius 2 is 2.10 bits per heavy atom. The fourth-order valence-electron chi connectivity index (χ4n) is 2.48. The van der Waals surface area contributed by atoms with Crippen molar-refractivity contribution >= 4 is 5.91 Å². The number of likely N-dealkylation sites (tertiary alicyclic amines) is 1. The van der Waals surface area contributed by atoms with Crippen LogP contribution in [0.25, 0.3) is 0 Å². The van der Waals surface area contributed by atoms with E-state index in [1.54, 1.807) is 18.7 Å². The number of aliphatic hydroxyl groups is 1. The van der Waals surface area contributed by atoms with Crippen molar-refractivity contribution in [3.05, 3.63) is 30.1 Å². The van der Waals surface area contributed by atoms with Gasteiger partial charge in [-0.1, -0.05) is 0 Å². The van der Waals surface area contributed by atoms with E-state index in [-0.39, 0.29) is 24.4 Å². The van der Waals surface area contributed by atoms with Gasteiger partial charge in [-0.15, -0.1) is 0 Å². The summed E-state index contributed by atoms with van der Waals surface area (Å²) in [6.45, 7) is 3.98. The number of benzene rings is 1. The van der Waals surface area contributed by atoms with Crippen molar-refractivity contribution in [3.63, 3.8) is 0 Å². The molecule has 1 fully saturated rings. The molecule has 20 heavy (non-hydrogen) atoms. The van der Waals surface area contributed by atoms with Crippen LogP contribution >= 0.6 is 0 Å². The number of halogens is 1. The second-order valence-corrected chi connectivity index (χ2v) is 5.54. The zero-order valence-electron chi connectivity index (χ0n) is 11.8. The highest BCUT2D eigenvalue weighted by atomic mass is 19.1. The van der Waals surface area contributed by atoms with E-state index in [9.17, 15) is 14.3 Å². The highest BCUT2D eigenvalue weighted by Crippen LogP contribution is 2.25. The molecule has 1 aliphatic heterocycles. The summed E-state index contributed by atoms with van der Waals surface area (Å²) in [5.74, 6) is -0.0516. The molecular weight excluding hydrogens is 261 g/mol. The minimum absolute atomic E-state index is 0.0294. The van der Waals surface area contributed by atoms with Crippen molar-refractivity contribution in [3.8, 4) is 5.75 Å². The molecule has 1 saturated heterocycles. The van der Waals surface area contributed by atoms with Crippen LogP contribution < -0.4 is 4.74 Å². The predicted molar refractivity (Wildman–Crippen MR) is 72.9 cm³/mol. The number of aliphatic hydroxyl groups excluding tert-OH is 1. The third-order valence-electron chi connectivity index (χ3n) is 3.55. The molecule has 1 unspecified atom stereocenters. The summed E-state index contributed by atoms with van der Waals surface area (Å²) in [7, 11) is 0. The molecule has 0 radical (unpaired) electrons. The van der Waals surface area contributed by atoms with E-state index in [1.165, 1.54) is 24.3 Å². The zero-order chi connectivity index (χ0) is 14.8. The fraction of sp³-hybridized carbons (Fsp3) is 0.533. The average Bonchev–Trinajstić information content (AvgIpc) is 2.88. The SMILES string of the molecule is CC(C)(Oc1ccc(F)cc1)C(=O)N1CCCC1CO. The van der Waals surface area contributed by atoms with Crippen LogP contribution in [0.15, 0.2) is 24.3 Å². The van der Waals surface area contributed by atoms with Crippen LogP contribution in [-0.2, 0) is 4.79 Å². The molecule has 0 bridgehead atoms. The van der Waals surface area contributed by atoms with Crippen molar-refractivity contribution < 1.29 is 19.0 Å². The Labute approximate surface area is 118 Å². The first kappa shape index (κ1) is 14.8. The van der Waals surface area contributed by atoms with Gasteiger partial charge in [-0.05, 0) is 51.0 Å². The highest BCUT2D eigenvalue weighted by Gasteiger charge is 2.39. The second kappa shape index (κ2) is 5.79. The van der Waals surface area contributed by atoms with Gasteiger partial charge in [0.05, 0.1) is 12.6 Å². The average molecular weight is 281 g/mol. The molecule has 1 N–H and O–H groups in total. The summed E-state index contributed by atoms with van der Waals surface area (Å²) in [4.78, 5) is 14.2. The topological polar surface area (TPSA) is 49.8 Å². The second-order valence-electron chi connectivity index (χ2n) is 5.54. The van der Waals surface area contributed by atoms with Crippen LogP contribution in [-0.4, -0.2) is 40.7 Å². The number of rotatable bonds is 4. The minimum Gasteiger partial charge on any atom is -0.478 e. The quantitative estimate of drug-likeness (QED) is 0.918. The molecule has 110 valence electrons. The van der Waals surface area contributed by atoms with Crippen LogP contribution in [0.4, 0.5) is 4.39 Å². The van der Waals surface area contributed by atoms with Gasteiger partial charge in [0.2, 0.25) is 0 Å². The first-order chi connectivity index (χ1) is 9.44. The van der Waals surface area contributed by atoms with Gasteiger partial charge in [0.1, 0.15) is 11.6 Å². The van der Waals surface area contributed by atoms with Crippen molar-refractivity contribution in [2.75, 3.05) is 13.2 Å². The molecular formula is C15H20FNO3. The van der Waals surface area contributed by atoms with Gasteiger partial charge in [0.25, 0.3) is 5.91 Å². The van der Waals surface area contributed by atoms with Crippen molar-refractivity contribution in [1.29, 1.82) is 0 Å². The molecule has 5 heteroatoms. The maximum absolute atomic E-state index is 12.9. The number of hydrogen-bond acceptors (Lipinski definition) is 3. The van der Waals surface area contributed by atoms with Gasteiger partial charge in [0, 0.05) is 6.54 Å². The molecule has 0 aromatic heterocycles. The van der Waals surface area contributed by atoms with Crippen molar-refractivity contribution in [2.24, 2.45) is 0 Å². The Bertz CT molecular complexity index is 473. The third-order valence-corrected chi connectivity index (χ3v) is 3.55. The molecule has 1 atom stereocenters. The summed E-state index contributed by atoms with van der Waals surface area (Å²) in [5.41, 5.74) is -1.05. The van der Waals surface area contributed by atoms with Gasteiger partial charge < -0.3 is 14.7 Å². The van der Waals surface area contributed by atoms with Crippen molar-refractivity contribution in [2.45, 2.75) is 38.3 Å². The summed E-state index contributed by atoms with van der Waals surface area (Å²) >= 11 is 0. The van der Waals surface area contributed by atoms with Gasteiger partial charge >= 0.3 is 0 Å². The fourth-order valence-corrected chi connectivity index (χ4v) is 2.48. The molecule has 0 saturated carbocycles. The molecule has 1 aromatic carbocycles. The van der Waals surface area contributed by atoms with Crippen LogP contribution in [0.1, 0.15) is 26.7 Å². The van der Waals surface area contributed by atoms with Gasteiger partial charge in [-0.2, -0.15) is 0 Å². The number of carbonyl (C=O) groups excluding carboxylic acids is 1. The zero-order valence-corrected chi connectivity index (χ0v) is 11.8. The van der Waals surface area contributed by atoms with E-state index in [1.807, 2.05) is 0 Å². The van der Waals surface area contributed by atoms with Crippen LogP contribution in [0.2, 0.25) is 0 Å². The maximum atomic E-state index is 12.9. The van der Waals surface area contributed by atoms with Crippen molar-refractivity contribution in [1.82, 2.24) is 4.90 Å². The lowest BCUT2D eigenvalue weighted by atomic mass is 10.1. The molecule has 1 amide bonds. The Kier molecular flexibility index (Phi) is 4.28. The first-order valence-corrected chi connectivity index (χ1v) is 6.80. The lowest BCUT2D eigenvalue weighted by Gasteiger charge is -2.32. The van der Waals surface area contributed by atoms with E-state index < -0.39 is 5.60 Å². The van der Waals surface area contributed by atoms with Gasteiger partial charge in [-0.3, -0.25) is 4.79 Å². The number of ether oxygens (including phenoxy) is 1. The molecule has 1 heterocycles. The lowest BCUT2D eigenvalue weighted by molar-refractivity contribution is -0.147. The summed E-state index contributed by atoms with van der Waals surface area (Å²) in [6, 6.07) is 5.46. The van der Waals surface area contributed by atoms with E-state index in [0.29, 0.717) is 12.3 Å². The van der Waals surface area contributed by atoms with Crippen LogP contribution in [0.3, 0.4) is 0 Å². The van der Waals surface area contributed by atoms with Crippen LogP contribution in [0, 0.1) is 5.82 Å². The normalized spacial score (nSPS) is 19.2. The third kappa shape index (κ3) is 3.10. The number of hydrogen-bond donors (Lipinski definition) is 1. The summed E-state index contributed by atoms with van der Waals surface area (Å²) in [5, 5.41) is 9.29. The molecule has 1 aliphatic rings. The monoisotopic (exact) mass is 281 g/mol. The predicted octanol–water partition coefficient (Wildman–Crippen LogP) is 1.97. The number of amides is 1. The van der Waals surface area contributed by atoms with E-state index in [2.05, 4.69) is 0 Å². The summed E-state index contributed by atoms with van der Waals surface area (Å²) in [6.07, 6.45) is 1.71. The largest absolute Gasteiger partial charge is 0.478 e. The first-order valence-electron chi connectivity index (χ1n) is 6.80. The van der Waals surface area contributed by atoms with Gasteiger partial charge in [-0.25, -0.2) is 4.39 Å². The Balaban J connectivity index is 2.09. The van der Waals surface area contributed by atoms with E-state index >= 15 is 0 Å². The minimum atomic E-state index is -1.05. The van der Waals surface area contributed by atoms with E-state index in [4.69, 9.17) is 4.74 Å². The smallest absolute Gasteiger partial charge is 0.266 e. The molecule has 4 nitrogen and oxygen atoms in total. The van der Waals surface area contributed by atoms with E-state index in [0.717, 1.165) is 12.8 Å². The highest BCUT2D eigenvalue weighted by molar-refractivity contribution is 5.85. The standard InChI is InChI=1S/C15H20FNO3/c1-15(2,20-13-7-5-11(16)6-8-13)14(19)17-9-3-4-12(17)10-18/h5-8,12,18H,3-4,9-10H2,1-2H3. The molecule has 1 aromatic rings. The van der Waals surface area contributed by atoms with Gasteiger partial charge in [0.15, 0.2) is 5.60 Å². The summed E-state index contributed by atoms with van der Waals surface area (Å²) < 4.78 is 18.5. The maximum Gasteiger partial charge on any atom is 0.266 e. The Hall–Kier alpha value is -1.62. The van der Waals surface area contributed by atoms with Crippen LogP contribution in [0.5, 0.6) is 5.75 Å². The molecule has 0 spiro atoms. The molecule has 0 aliphatic carbocycles.